The van der Waals surface area contributed by atoms with Gasteiger partial charge in [-0.3, -0.25) is 0 Å². The van der Waals surface area contributed by atoms with E-state index in [-0.39, 0.29) is 6.61 Å². The van der Waals surface area contributed by atoms with Crippen LogP contribution in [0.25, 0.3) is 5.52 Å². The van der Waals surface area contributed by atoms with Crippen LogP contribution < -0.4 is 0 Å². The van der Waals surface area contributed by atoms with E-state index in [1.165, 1.54) is 6.33 Å². The van der Waals surface area contributed by atoms with Crippen molar-refractivity contribution in [1.82, 2.24) is 19.5 Å². The average molecular weight is 319 g/mol. The summed E-state index contributed by atoms with van der Waals surface area (Å²) >= 11 is 0. The minimum atomic E-state index is -0.743. The third kappa shape index (κ3) is 2.92. The van der Waals surface area contributed by atoms with Crippen molar-refractivity contribution < 1.29 is 14.9 Å². The molecule has 8 heteroatoms. The van der Waals surface area contributed by atoms with E-state index in [1.807, 2.05) is 31.1 Å². The maximum absolute atomic E-state index is 10.3. The lowest BCUT2D eigenvalue weighted by Crippen LogP contribution is -2.28. The van der Waals surface area contributed by atoms with Crippen molar-refractivity contribution in [2.75, 3.05) is 20.7 Å². The Hall–Kier alpha value is -2.03. The van der Waals surface area contributed by atoms with Gasteiger partial charge in [-0.1, -0.05) is 0 Å². The van der Waals surface area contributed by atoms with Crippen molar-refractivity contribution in [3.05, 3.63) is 24.2 Å². The summed E-state index contributed by atoms with van der Waals surface area (Å²) in [6.07, 6.45) is 2.21. The Balaban J connectivity index is 1.99. The first-order valence-corrected chi connectivity index (χ1v) is 7.43. The number of aliphatic hydroxyl groups is 2. The lowest BCUT2D eigenvalue weighted by atomic mass is 10.0. The van der Waals surface area contributed by atoms with Gasteiger partial charge >= 0.3 is 0 Å². The molecule has 0 bridgehead atoms. The molecule has 0 aliphatic carbocycles. The van der Waals surface area contributed by atoms with Crippen molar-refractivity contribution >= 4 is 17.7 Å². The summed E-state index contributed by atoms with van der Waals surface area (Å²) in [7, 11) is 3.76. The van der Waals surface area contributed by atoms with E-state index in [0.717, 1.165) is 5.52 Å². The maximum Gasteiger partial charge on any atom is 0.181 e. The molecule has 1 saturated heterocycles. The Kier molecular flexibility index (Phi) is 4.05. The largest absolute Gasteiger partial charge is 0.393 e. The zero-order chi connectivity index (χ0) is 16.6. The fourth-order valence-electron chi connectivity index (χ4n) is 2.77. The zero-order valence-electron chi connectivity index (χ0n) is 13.4. The first kappa shape index (κ1) is 15.9. The van der Waals surface area contributed by atoms with Gasteiger partial charge in [-0.05, 0) is 19.1 Å². The molecular weight excluding hydrogens is 298 g/mol. The van der Waals surface area contributed by atoms with Gasteiger partial charge in [0.25, 0.3) is 0 Å². The Morgan fingerprint density at radius 3 is 2.96 bits per heavy atom. The Morgan fingerprint density at radius 2 is 2.30 bits per heavy atom. The van der Waals surface area contributed by atoms with Gasteiger partial charge in [-0.2, -0.15) is 5.10 Å². The van der Waals surface area contributed by atoms with Gasteiger partial charge in [-0.15, -0.1) is 0 Å². The molecule has 3 heterocycles. The van der Waals surface area contributed by atoms with Crippen LogP contribution in [-0.2, 0) is 4.74 Å². The highest BCUT2D eigenvalue weighted by molar-refractivity contribution is 5.70. The number of nitrogens with zero attached hydrogens (tertiary/aromatic N) is 5. The fraction of sp³-hybridized carbons (Fsp3) is 0.533. The summed E-state index contributed by atoms with van der Waals surface area (Å²) in [5.41, 5.74) is 0.704. The topological polar surface area (TPSA) is 95.5 Å². The highest BCUT2D eigenvalue weighted by atomic mass is 16.5. The summed E-state index contributed by atoms with van der Waals surface area (Å²) in [6, 6.07) is 3.69. The Morgan fingerprint density at radius 1 is 1.52 bits per heavy atom. The summed E-state index contributed by atoms with van der Waals surface area (Å²) in [6.45, 7) is 1.64. The monoisotopic (exact) mass is 319 g/mol. The second-order valence-electron chi connectivity index (χ2n) is 6.27. The standard InChI is InChI=1S/C15H21N5O3/c1-15(7-21)6-12(22)13(23-15)10-4-5-11-14(17-9-19(2)3)16-8-18-20(10)11/h4-5,8-9,12-13,21-22H,6-7H2,1-3H3/b17-9-/t12-,13+,15+/m1/s1. The van der Waals surface area contributed by atoms with E-state index in [2.05, 4.69) is 15.1 Å². The summed E-state index contributed by atoms with van der Waals surface area (Å²) in [5, 5.41) is 24.0. The molecule has 124 valence electrons. The Bertz CT molecular complexity index is 729. The molecule has 23 heavy (non-hydrogen) atoms. The van der Waals surface area contributed by atoms with Crippen LogP contribution in [0, 0.1) is 0 Å². The van der Waals surface area contributed by atoms with Crippen LogP contribution in [0.5, 0.6) is 0 Å². The second kappa shape index (κ2) is 5.88. The van der Waals surface area contributed by atoms with Crippen LogP contribution >= 0.6 is 0 Å². The maximum atomic E-state index is 10.3. The molecule has 0 spiro atoms. The van der Waals surface area contributed by atoms with E-state index in [1.54, 1.807) is 17.8 Å². The molecular formula is C15H21N5O3. The minimum absolute atomic E-state index is 0.142. The third-order valence-corrected chi connectivity index (χ3v) is 3.90. The molecule has 1 aliphatic rings. The van der Waals surface area contributed by atoms with Crippen LogP contribution in [0.2, 0.25) is 0 Å². The SMILES string of the molecule is CN(C)/C=N\c1ncnn2c([C@@H]3O[C@](C)(CO)C[C@H]3O)ccc12. The second-order valence-corrected chi connectivity index (χ2v) is 6.27. The highest BCUT2D eigenvalue weighted by Crippen LogP contribution is 2.40. The molecule has 0 aromatic carbocycles. The predicted molar refractivity (Wildman–Crippen MR) is 84.8 cm³/mol. The van der Waals surface area contributed by atoms with E-state index in [4.69, 9.17) is 4.74 Å². The smallest absolute Gasteiger partial charge is 0.181 e. The summed E-state index contributed by atoms with van der Waals surface area (Å²) in [4.78, 5) is 10.3. The van der Waals surface area contributed by atoms with Crippen LogP contribution in [-0.4, -0.2) is 68.5 Å². The molecule has 2 aromatic heterocycles. The molecule has 0 saturated carbocycles. The molecule has 0 unspecified atom stereocenters. The van der Waals surface area contributed by atoms with Crippen LogP contribution in [0.1, 0.15) is 25.1 Å². The number of rotatable bonds is 4. The lowest BCUT2D eigenvalue weighted by molar-refractivity contribution is -0.0719. The van der Waals surface area contributed by atoms with Crippen LogP contribution in [0.4, 0.5) is 5.82 Å². The molecule has 3 rings (SSSR count). The number of aliphatic imine (C=N–C) groups is 1. The minimum Gasteiger partial charge on any atom is -0.393 e. The first-order valence-electron chi connectivity index (χ1n) is 7.43. The van der Waals surface area contributed by atoms with Crippen LogP contribution in [0.3, 0.4) is 0 Å². The van der Waals surface area contributed by atoms with E-state index in [9.17, 15) is 10.2 Å². The predicted octanol–water partition coefficient (Wildman–Crippen LogP) is 0.524. The number of ether oxygens (including phenoxy) is 1. The highest BCUT2D eigenvalue weighted by Gasteiger charge is 2.44. The quantitative estimate of drug-likeness (QED) is 0.630. The fourth-order valence-corrected chi connectivity index (χ4v) is 2.77. The first-order chi connectivity index (χ1) is 10.9. The number of hydrogen-bond acceptors (Lipinski definition) is 6. The van der Waals surface area contributed by atoms with Gasteiger partial charge in [0.1, 0.15) is 17.9 Å². The molecule has 0 radical (unpaired) electrons. The third-order valence-electron chi connectivity index (χ3n) is 3.90. The molecule has 2 N–H and O–H groups in total. The van der Waals surface area contributed by atoms with Gasteiger partial charge in [0, 0.05) is 20.5 Å². The number of aromatic nitrogens is 3. The molecule has 1 fully saturated rings. The van der Waals surface area contributed by atoms with Gasteiger partial charge in [0.15, 0.2) is 5.82 Å². The molecule has 1 aliphatic heterocycles. The number of hydrogen-bond donors (Lipinski definition) is 2. The van der Waals surface area contributed by atoms with E-state index < -0.39 is 17.8 Å². The summed E-state index contributed by atoms with van der Waals surface area (Å²) < 4.78 is 7.55. The average Bonchev–Trinajstić information content (AvgIpc) is 3.06. The number of fused-ring (bicyclic) bond motifs is 1. The molecule has 0 amide bonds. The van der Waals surface area contributed by atoms with Crippen molar-refractivity contribution in [1.29, 1.82) is 0 Å². The molecule has 2 aromatic rings. The van der Waals surface area contributed by atoms with Gasteiger partial charge in [0.2, 0.25) is 0 Å². The normalized spacial score (nSPS) is 28.0. The van der Waals surface area contributed by atoms with E-state index >= 15 is 0 Å². The van der Waals surface area contributed by atoms with Gasteiger partial charge < -0.3 is 19.8 Å². The van der Waals surface area contributed by atoms with Crippen molar-refractivity contribution in [3.8, 4) is 0 Å². The number of aliphatic hydroxyl groups excluding tert-OH is 2. The van der Waals surface area contributed by atoms with Crippen LogP contribution in [0.15, 0.2) is 23.5 Å². The van der Waals surface area contributed by atoms with E-state index in [0.29, 0.717) is 17.9 Å². The van der Waals surface area contributed by atoms with Crippen molar-refractivity contribution in [2.24, 2.45) is 4.99 Å². The summed E-state index contributed by atoms with van der Waals surface area (Å²) in [5.74, 6) is 0.539. The van der Waals surface area contributed by atoms with Crippen molar-refractivity contribution in [2.45, 2.75) is 31.2 Å². The molecule has 8 nitrogen and oxygen atoms in total. The Labute approximate surface area is 134 Å². The van der Waals surface area contributed by atoms with Gasteiger partial charge in [0.05, 0.1) is 30.3 Å². The molecule has 3 atom stereocenters. The lowest BCUT2D eigenvalue weighted by Gasteiger charge is -2.21. The zero-order valence-corrected chi connectivity index (χ0v) is 13.4. The van der Waals surface area contributed by atoms with Crippen molar-refractivity contribution in [3.63, 3.8) is 0 Å². The van der Waals surface area contributed by atoms with Gasteiger partial charge in [-0.25, -0.2) is 14.5 Å².